The lowest BCUT2D eigenvalue weighted by atomic mass is 10.1. The van der Waals surface area contributed by atoms with Crippen molar-refractivity contribution in [2.75, 3.05) is 11.9 Å². The van der Waals surface area contributed by atoms with Gasteiger partial charge in [0.25, 0.3) is 5.91 Å². The summed E-state index contributed by atoms with van der Waals surface area (Å²) in [5, 5.41) is 3.25. The molecule has 1 aliphatic carbocycles. The fourth-order valence-corrected chi connectivity index (χ4v) is 4.05. The minimum absolute atomic E-state index is 0.0316. The molecule has 2 aromatic rings. The van der Waals surface area contributed by atoms with E-state index in [2.05, 4.69) is 22.4 Å². The van der Waals surface area contributed by atoms with E-state index in [0.717, 1.165) is 41.5 Å². The number of benzene rings is 1. The molecule has 0 aliphatic heterocycles. The number of carbonyl (C=O) groups excluding carboxylic acids is 2. The molecule has 0 unspecified atom stereocenters. The van der Waals surface area contributed by atoms with Crippen molar-refractivity contribution >= 4 is 38.6 Å². The van der Waals surface area contributed by atoms with Crippen molar-refractivity contribution in [2.24, 2.45) is 5.92 Å². The first-order chi connectivity index (χ1) is 11.0. The highest BCUT2D eigenvalue weighted by Crippen LogP contribution is 2.29. The maximum absolute atomic E-state index is 11.9. The molecule has 23 heavy (non-hydrogen) atoms. The van der Waals surface area contributed by atoms with Gasteiger partial charge in [-0.15, -0.1) is 0 Å². The smallest absolute Gasteiger partial charge is 0.309 e. The summed E-state index contributed by atoms with van der Waals surface area (Å²) in [6.07, 6.45) is 3.88. The molecule has 1 amide bonds. The summed E-state index contributed by atoms with van der Waals surface area (Å²) in [6, 6.07) is 4.12. The molecule has 0 spiro atoms. The molecule has 1 aliphatic rings. The van der Waals surface area contributed by atoms with Crippen molar-refractivity contribution in [1.82, 2.24) is 4.98 Å². The number of hydrogen-bond donors (Lipinski definition) is 1. The molecule has 0 radical (unpaired) electrons. The van der Waals surface area contributed by atoms with Crippen molar-refractivity contribution in [1.29, 1.82) is 0 Å². The fourth-order valence-electron chi connectivity index (χ4n) is 3.00. The van der Waals surface area contributed by atoms with Crippen LogP contribution in [-0.4, -0.2) is 23.5 Å². The maximum Gasteiger partial charge on any atom is 0.309 e. The third kappa shape index (κ3) is 3.69. The largest absolute Gasteiger partial charge is 0.455 e. The summed E-state index contributed by atoms with van der Waals surface area (Å²) >= 11 is 1.43. The van der Waals surface area contributed by atoms with Crippen LogP contribution in [0.5, 0.6) is 0 Å². The third-order valence-corrected chi connectivity index (χ3v) is 5.03. The number of anilines is 1. The zero-order chi connectivity index (χ0) is 16.4. The first kappa shape index (κ1) is 15.9. The minimum Gasteiger partial charge on any atom is -0.455 e. The zero-order valence-electron chi connectivity index (χ0n) is 13.3. The Balaban J connectivity index is 1.59. The highest BCUT2D eigenvalue weighted by atomic mass is 32.1. The van der Waals surface area contributed by atoms with Crippen LogP contribution in [0.2, 0.25) is 0 Å². The van der Waals surface area contributed by atoms with Gasteiger partial charge in [0.15, 0.2) is 11.7 Å². The van der Waals surface area contributed by atoms with E-state index in [0.29, 0.717) is 5.13 Å². The van der Waals surface area contributed by atoms with Crippen molar-refractivity contribution in [3.8, 4) is 0 Å². The lowest BCUT2D eigenvalue weighted by Crippen LogP contribution is -2.23. The second-order valence-corrected chi connectivity index (χ2v) is 7.12. The number of hydrogen-bond acceptors (Lipinski definition) is 5. The quantitative estimate of drug-likeness (QED) is 0.869. The van der Waals surface area contributed by atoms with Gasteiger partial charge in [0.2, 0.25) is 0 Å². The molecule has 5 nitrogen and oxygen atoms in total. The molecule has 0 bridgehead atoms. The number of thiazole rings is 1. The maximum atomic E-state index is 11.9. The Labute approximate surface area is 139 Å². The first-order valence-electron chi connectivity index (χ1n) is 7.87. The Bertz CT molecular complexity index is 748. The predicted octanol–water partition coefficient (Wildman–Crippen LogP) is 3.59. The number of esters is 1. The molecular weight excluding hydrogens is 312 g/mol. The lowest BCUT2D eigenvalue weighted by Gasteiger charge is -2.08. The van der Waals surface area contributed by atoms with Gasteiger partial charge in [-0.25, -0.2) is 4.98 Å². The van der Waals surface area contributed by atoms with Crippen LogP contribution in [0, 0.1) is 19.8 Å². The van der Waals surface area contributed by atoms with Gasteiger partial charge < -0.3 is 4.74 Å². The topological polar surface area (TPSA) is 68.3 Å². The Kier molecular flexibility index (Phi) is 4.61. The third-order valence-electron chi connectivity index (χ3n) is 4.11. The number of nitrogens with zero attached hydrogens (tertiary/aromatic N) is 1. The van der Waals surface area contributed by atoms with Gasteiger partial charge in [0, 0.05) is 0 Å². The average Bonchev–Trinajstić information content (AvgIpc) is 3.14. The summed E-state index contributed by atoms with van der Waals surface area (Å²) in [5.41, 5.74) is 3.16. The van der Waals surface area contributed by atoms with Gasteiger partial charge in [0.1, 0.15) is 0 Å². The number of ether oxygens (including phenoxy) is 1. The Morgan fingerprint density at radius 2 is 2.04 bits per heavy atom. The molecule has 1 aromatic heterocycles. The van der Waals surface area contributed by atoms with Gasteiger partial charge in [-0.3, -0.25) is 14.9 Å². The minimum atomic E-state index is -0.343. The second kappa shape index (κ2) is 6.66. The average molecular weight is 332 g/mol. The number of fused-ring (bicyclic) bond motifs is 1. The lowest BCUT2D eigenvalue weighted by molar-refractivity contribution is -0.151. The summed E-state index contributed by atoms with van der Waals surface area (Å²) in [6.45, 7) is 3.79. The van der Waals surface area contributed by atoms with E-state index < -0.39 is 0 Å². The van der Waals surface area contributed by atoms with E-state index in [9.17, 15) is 9.59 Å². The standard InChI is InChI=1S/C17H20N2O3S/c1-10-7-11(2)15-13(8-10)23-17(19-15)18-14(20)9-22-16(21)12-5-3-4-6-12/h7-8,12H,3-6,9H2,1-2H3,(H,18,19,20). The molecule has 122 valence electrons. The Morgan fingerprint density at radius 3 is 2.78 bits per heavy atom. The van der Waals surface area contributed by atoms with E-state index in [1.807, 2.05) is 13.8 Å². The van der Waals surface area contributed by atoms with Gasteiger partial charge in [-0.2, -0.15) is 0 Å². The van der Waals surface area contributed by atoms with Crippen LogP contribution in [-0.2, 0) is 14.3 Å². The molecule has 0 atom stereocenters. The molecular formula is C17H20N2O3S. The van der Waals surface area contributed by atoms with Crippen LogP contribution in [0.15, 0.2) is 12.1 Å². The predicted molar refractivity (Wildman–Crippen MR) is 90.6 cm³/mol. The van der Waals surface area contributed by atoms with Crippen LogP contribution in [0.4, 0.5) is 5.13 Å². The molecule has 1 saturated carbocycles. The number of amides is 1. The Morgan fingerprint density at radius 1 is 1.30 bits per heavy atom. The molecule has 1 N–H and O–H groups in total. The van der Waals surface area contributed by atoms with E-state index in [1.165, 1.54) is 16.9 Å². The fraction of sp³-hybridized carbons (Fsp3) is 0.471. The molecule has 1 heterocycles. The number of aromatic nitrogens is 1. The number of rotatable bonds is 4. The van der Waals surface area contributed by atoms with Gasteiger partial charge in [0.05, 0.1) is 16.1 Å². The number of carbonyl (C=O) groups is 2. The monoisotopic (exact) mass is 332 g/mol. The van der Waals surface area contributed by atoms with Crippen LogP contribution in [0.1, 0.15) is 36.8 Å². The van der Waals surface area contributed by atoms with Crippen LogP contribution >= 0.6 is 11.3 Å². The molecule has 3 rings (SSSR count). The first-order valence-corrected chi connectivity index (χ1v) is 8.69. The Hall–Kier alpha value is -1.95. The SMILES string of the molecule is Cc1cc(C)c2nc(NC(=O)COC(=O)C3CCCC3)sc2c1. The molecule has 0 saturated heterocycles. The van der Waals surface area contributed by atoms with Crippen molar-refractivity contribution in [3.05, 3.63) is 23.3 Å². The van der Waals surface area contributed by atoms with Gasteiger partial charge in [-0.1, -0.05) is 30.2 Å². The zero-order valence-corrected chi connectivity index (χ0v) is 14.2. The summed E-state index contributed by atoms with van der Waals surface area (Å²) < 4.78 is 6.15. The van der Waals surface area contributed by atoms with Crippen LogP contribution < -0.4 is 5.32 Å². The van der Waals surface area contributed by atoms with Crippen molar-refractivity contribution in [2.45, 2.75) is 39.5 Å². The number of nitrogens with one attached hydrogen (secondary N) is 1. The van der Waals surface area contributed by atoms with E-state index >= 15 is 0 Å². The highest BCUT2D eigenvalue weighted by molar-refractivity contribution is 7.22. The molecule has 1 aromatic carbocycles. The van der Waals surface area contributed by atoms with Crippen molar-refractivity contribution < 1.29 is 14.3 Å². The van der Waals surface area contributed by atoms with E-state index in [4.69, 9.17) is 4.74 Å². The van der Waals surface area contributed by atoms with E-state index in [-0.39, 0.29) is 24.4 Å². The summed E-state index contributed by atoms with van der Waals surface area (Å²) in [5.74, 6) is -0.630. The van der Waals surface area contributed by atoms with E-state index in [1.54, 1.807) is 0 Å². The van der Waals surface area contributed by atoms with Crippen LogP contribution in [0.25, 0.3) is 10.2 Å². The normalized spacial score (nSPS) is 15.0. The van der Waals surface area contributed by atoms with Gasteiger partial charge in [-0.05, 0) is 43.9 Å². The highest BCUT2D eigenvalue weighted by Gasteiger charge is 2.24. The molecule has 6 heteroatoms. The summed E-state index contributed by atoms with van der Waals surface area (Å²) in [7, 11) is 0. The van der Waals surface area contributed by atoms with Crippen molar-refractivity contribution in [3.63, 3.8) is 0 Å². The molecule has 1 fully saturated rings. The van der Waals surface area contributed by atoms with Gasteiger partial charge >= 0.3 is 5.97 Å². The second-order valence-electron chi connectivity index (χ2n) is 6.08. The number of aryl methyl sites for hydroxylation is 2. The summed E-state index contributed by atoms with van der Waals surface area (Å²) in [4.78, 5) is 28.2. The van der Waals surface area contributed by atoms with Crippen LogP contribution in [0.3, 0.4) is 0 Å².